The summed E-state index contributed by atoms with van der Waals surface area (Å²) in [6.45, 7) is 2.07. The van der Waals surface area contributed by atoms with Crippen LogP contribution < -0.4 is 11.5 Å². The van der Waals surface area contributed by atoms with Crippen molar-refractivity contribution in [2.75, 3.05) is 11.5 Å². The van der Waals surface area contributed by atoms with Crippen LogP contribution >= 0.6 is 0 Å². The fourth-order valence-corrected chi connectivity index (χ4v) is 3.00. The molecule has 2 aromatic heterocycles. The van der Waals surface area contributed by atoms with E-state index in [-0.39, 0.29) is 5.95 Å². The van der Waals surface area contributed by atoms with Crippen LogP contribution in [-0.4, -0.2) is 15.0 Å². The van der Waals surface area contributed by atoms with Crippen LogP contribution in [0.5, 0.6) is 0 Å². The Hall–Kier alpha value is -3.47. The molecule has 0 saturated carbocycles. The first-order chi connectivity index (χ1) is 12.1. The Bertz CT molecular complexity index is 1090. The van der Waals surface area contributed by atoms with E-state index in [2.05, 4.69) is 46.1 Å². The molecule has 25 heavy (non-hydrogen) atoms. The lowest BCUT2D eigenvalue weighted by molar-refractivity contribution is 1.24. The van der Waals surface area contributed by atoms with E-state index >= 15 is 0 Å². The average Bonchev–Trinajstić information content (AvgIpc) is 2.61. The summed E-state index contributed by atoms with van der Waals surface area (Å²) < 4.78 is 0. The minimum Gasteiger partial charge on any atom is -0.383 e. The van der Waals surface area contributed by atoms with Crippen LogP contribution in [0.2, 0.25) is 0 Å². The van der Waals surface area contributed by atoms with Crippen molar-refractivity contribution in [1.29, 1.82) is 0 Å². The van der Waals surface area contributed by atoms with E-state index in [0.717, 1.165) is 33.3 Å². The number of nitrogen functional groups attached to an aromatic ring is 2. The number of aryl methyl sites for hydroxylation is 1. The van der Waals surface area contributed by atoms with Crippen LogP contribution in [0.15, 0.2) is 60.8 Å². The first-order valence-electron chi connectivity index (χ1n) is 7.97. The third-order valence-corrected chi connectivity index (χ3v) is 4.15. The molecule has 0 aliphatic heterocycles. The van der Waals surface area contributed by atoms with Gasteiger partial charge in [0.15, 0.2) is 0 Å². The molecule has 0 aliphatic carbocycles. The lowest BCUT2D eigenvalue weighted by atomic mass is 9.97. The fraction of sp³-hybridized carbons (Fsp3) is 0.0500. The molecular formula is C20H17N5. The predicted octanol–water partition coefficient (Wildman–Crippen LogP) is 3.83. The van der Waals surface area contributed by atoms with Crippen molar-refractivity contribution >= 4 is 22.7 Å². The van der Waals surface area contributed by atoms with E-state index in [4.69, 9.17) is 11.5 Å². The summed E-state index contributed by atoms with van der Waals surface area (Å²) in [6, 6.07) is 18.2. The van der Waals surface area contributed by atoms with Crippen LogP contribution in [0, 0.1) is 6.92 Å². The van der Waals surface area contributed by atoms with Crippen molar-refractivity contribution in [3.8, 4) is 22.4 Å². The standard InChI is InChI=1S/C20H17N5/c1-12-4-2-5-14(10-12)18-15(6-3-9-23-18)13-7-8-16-17(11-13)24-20(22)25-19(16)21/h2-11H,1H3,(H4,21,22,24,25). The molecule has 0 aliphatic rings. The lowest BCUT2D eigenvalue weighted by Crippen LogP contribution is -2.00. The van der Waals surface area contributed by atoms with Gasteiger partial charge in [-0.1, -0.05) is 35.9 Å². The number of hydrogen-bond acceptors (Lipinski definition) is 5. The summed E-state index contributed by atoms with van der Waals surface area (Å²) in [5, 5.41) is 0.791. The van der Waals surface area contributed by atoms with Gasteiger partial charge < -0.3 is 11.5 Å². The summed E-state index contributed by atoms with van der Waals surface area (Å²) in [5.41, 5.74) is 17.6. The van der Waals surface area contributed by atoms with Gasteiger partial charge in [-0.15, -0.1) is 0 Å². The number of aromatic nitrogens is 3. The predicted molar refractivity (Wildman–Crippen MR) is 102 cm³/mol. The molecule has 0 unspecified atom stereocenters. The van der Waals surface area contributed by atoms with Gasteiger partial charge in [0, 0.05) is 22.7 Å². The Kier molecular flexibility index (Phi) is 3.54. The smallest absolute Gasteiger partial charge is 0.222 e. The number of nitrogens with two attached hydrogens (primary N) is 2. The summed E-state index contributed by atoms with van der Waals surface area (Å²) in [6.07, 6.45) is 1.81. The summed E-state index contributed by atoms with van der Waals surface area (Å²) in [5.74, 6) is 0.561. The Morgan fingerprint density at radius 1 is 0.840 bits per heavy atom. The van der Waals surface area contributed by atoms with Gasteiger partial charge in [0.1, 0.15) is 5.82 Å². The second kappa shape index (κ2) is 5.87. The number of hydrogen-bond donors (Lipinski definition) is 2. The molecule has 0 fully saturated rings. The summed E-state index contributed by atoms with van der Waals surface area (Å²) in [4.78, 5) is 12.9. The molecule has 0 spiro atoms. The highest BCUT2D eigenvalue weighted by Gasteiger charge is 2.11. The SMILES string of the molecule is Cc1cccc(-c2ncccc2-c2ccc3c(N)nc(N)nc3c2)c1. The summed E-state index contributed by atoms with van der Waals surface area (Å²) in [7, 11) is 0. The number of pyridine rings is 1. The maximum atomic E-state index is 5.94. The van der Waals surface area contributed by atoms with Crippen molar-refractivity contribution in [1.82, 2.24) is 15.0 Å². The normalized spacial score (nSPS) is 10.9. The van der Waals surface area contributed by atoms with Crippen LogP contribution in [0.1, 0.15) is 5.56 Å². The van der Waals surface area contributed by atoms with E-state index in [1.807, 2.05) is 30.3 Å². The molecule has 5 heteroatoms. The third kappa shape index (κ3) is 2.76. The zero-order valence-corrected chi connectivity index (χ0v) is 13.8. The van der Waals surface area contributed by atoms with Gasteiger partial charge in [-0.25, -0.2) is 4.98 Å². The molecule has 4 aromatic rings. The first kappa shape index (κ1) is 15.1. The van der Waals surface area contributed by atoms with Crippen molar-refractivity contribution in [3.63, 3.8) is 0 Å². The minimum absolute atomic E-state index is 0.173. The number of anilines is 2. The molecule has 122 valence electrons. The van der Waals surface area contributed by atoms with Crippen LogP contribution in [0.25, 0.3) is 33.3 Å². The highest BCUT2D eigenvalue weighted by Crippen LogP contribution is 2.32. The van der Waals surface area contributed by atoms with Crippen LogP contribution in [-0.2, 0) is 0 Å². The largest absolute Gasteiger partial charge is 0.383 e. The van der Waals surface area contributed by atoms with E-state index in [0.29, 0.717) is 5.82 Å². The van der Waals surface area contributed by atoms with Crippen molar-refractivity contribution < 1.29 is 0 Å². The molecule has 0 atom stereocenters. The van der Waals surface area contributed by atoms with Crippen molar-refractivity contribution in [3.05, 3.63) is 66.4 Å². The minimum atomic E-state index is 0.173. The first-order valence-corrected chi connectivity index (χ1v) is 7.97. The van der Waals surface area contributed by atoms with Gasteiger partial charge in [-0.05, 0) is 36.8 Å². The molecule has 2 aromatic carbocycles. The van der Waals surface area contributed by atoms with Gasteiger partial charge in [-0.2, -0.15) is 4.98 Å². The topological polar surface area (TPSA) is 90.7 Å². The Labute approximate surface area is 145 Å². The second-order valence-corrected chi connectivity index (χ2v) is 5.97. The molecule has 4 N–H and O–H groups in total. The zero-order chi connectivity index (χ0) is 17.4. The number of rotatable bonds is 2. The molecular weight excluding hydrogens is 310 g/mol. The highest BCUT2D eigenvalue weighted by molar-refractivity contribution is 5.93. The molecule has 0 bridgehead atoms. The average molecular weight is 327 g/mol. The zero-order valence-electron chi connectivity index (χ0n) is 13.8. The maximum Gasteiger partial charge on any atom is 0.222 e. The van der Waals surface area contributed by atoms with Gasteiger partial charge in [0.2, 0.25) is 5.95 Å². The maximum absolute atomic E-state index is 5.94. The number of nitrogens with zero attached hydrogens (tertiary/aromatic N) is 3. The molecule has 0 saturated heterocycles. The van der Waals surface area contributed by atoms with E-state index in [9.17, 15) is 0 Å². The summed E-state index contributed by atoms with van der Waals surface area (Å²) >= 11 is 0. The van der Waals surface area contributed by atoms with Gasteiger partial charge >= 0.3 is 0 Å². The van der Waals surface area contributed by atoms with Gasteiger partial charge in [0.05, 0.1) is 11.2 Å². The highest BCUT2D eigenvalue weighted by atomic mass is 15.0. The van der Waals surface area contributed by atoms with Crippen molar-refractivity contribution in [2.24, 2.45) is 0 Å². The monoisotopic (exact) mass is 327 g/mol. The molecule has 5 nitrogen and oxygen atoms in total. The van der Waals surface area contributed by atoms with E-state index < -0.39 is 0 Å². The number of benzene rings is 2. The fourth-order valence-electron chi connectivity index (χ4n) is 3.00. The van der Waals surface area contributed by atoms with E-state index in [1.54, 1.807) is 6.20 Å². The Morgan fingerprint density at radius 2 is 1.72 bits per heavy atom. The molecule has 0 amide bonds. The van der Waals surface area contributed by atoms with Gasteiger partial charge in [-0.3, -0.25) is 4.98 Å². The van der Waals surface area contributed by atoms with Gasteiger partial charge in [0.25, 0.3) is 0 Å². The lowest BCUT2D eigenvalue weighted by Gasteiger charge is -2.11. The Balaban J connectivity index is 1.92. The third-order valence-electron chi connectivity index (χ3n) is 4.15. The quantitative estimate of drug-likeness (QED) is 0.584. The number of fused-ring (bicyclic) bond motifs is 1. The molecule has 0 radical (unpaired) electrons. The van der Waals surface area contributed by atoms with E-state index in [1.165, 1.54) is 5.56 Å². The van der Waals surface area contributed by atoms with Crippen LogP contribution in [0.3, 0.4) is 0 Å². The second-order valence-electron chi connectivity index (χ2n) is 5.97. The molecule has 4 rings (SSSR count). The van der Waals surface area contributed by atoms with Crippen LogP contribution in [0.4, 0.5) is 11.8 Å². The molecule has 2 heterocycles. The Morgan fingerprint density at radius 3 is 2.56 bits per heavy atom. The van der Waals surface area contributed by atoms with Crippen molar-refractivity contribution in [2.45, 2.75) is 6.92 Å².